The van der Waals surface area contributed by atoms with E-state index in [9.17, 15) is 13.2 Å². The minimum absolute atomic E-state index is 0.0536. The number of amides is 1. The minimum atomic E-state index is -3.88. The summed E-state index contributed by atoms with van der Waals surface area (Å²) >= 11 is 5.84. The van der Waals surface area contributed by atoms with E-state index in [-0.39, 0.29) is 22.8 Å². The van der Waals surface area contributed by atoms with Crippen LogP contribution in [-0.4, -0.2) is 53.0 Å². The summed E-state index contributed by atoms with van der Waals surface area (Å²) in [5, 5.41) is 3.33. The molecule has 0 saturated carbocycles. The van der Waals surface area contributed by atoms with Gasteiger partial charge in [0.05, 0.1) is 18.0 Å². The van der Waals surface area contributed by atoms with Crippen LogP contribution in [0.1, 0.15) is 25.5 Å². The Morgan fingerprint density at radius 1 is 1.13 bits per heavy atom. The molecule has 2 N–H and O–H groups in total. The Balaban J connectivity index is 2.14. The lowest BCUT2D eigenvalue weighted by molar-refractivity contribution is -0.123. The predicted molar refractivity (Wildman–Crippen MR) is 123 cm³/mol. The summed E-state index contributed by atoms with van der Waals surface area (Å²) in [7, 11) is 1.56. The van der Waals surface area contributed by atoms with Gasteiger partial charge in [0, 0.05) is 11.6 Å². The van der Waals surface area contributed by atoms with Crippen molar-refractivity contribution in [3.05, 3.63) is 59.1 Å². The Morgan fingerprint density at radius 3 is 2.32 bits per heavy atom. The number of benzene rings is 2. The van der Waals surface area contributed by atoms with Crippen molar-refractivity contribution in [3.8, 4) is 5.75 Å². The van der Waals surface area contributed by atoms with Crippen LogP contribution in [0, 0.1) is 5.92 Å². The quantitative estimate of drug-likeness (QED) is 0.560. The fourth-order valence-corrected chi connectivity index (χ4v) is 4.57. The summed E-state index contributed by atoms with van der Waals surface area (Å²) in [6.07, 6.45) is 0. The molecule has 9 heteroatoms. The molecule has 0 radical (unpaired) electrons. The van der Waals surface area contributed by atoms with E-state index >= 15 is 0 Å². The van der Waals surface area contributed by atoms with E-state index in [1.165, 1.54) is 24.3 Å². The molecule has 0 aliphatic heterocycles. The second-order valence-electron chi connectivity index (χ2n) is 7.80. The molecule has 0 fully saturated rings. The molecule has 7 nitrogen and oxygen atoms in total. The van der Waals surface area contributed by atoms with Crippen LogP contribution in [0.2, 0.25) is 5.02 Å². The van der Waals surface area contributed by atoms with Crippen LogP contribution >= 0.6 is 11.6 Å². The van der Waals surface area contributed by atoms with E-state index in [1.807, 2.05) is 43.3 Å². The first kappa shape index (κ1) is 25.1. The van der Waals surface area contributed by atoms with Gasteiger partial charge in [0.15, 0.2) is 0 Å². The van der Waals surface area contributed by atoms with Gasteiger partial charge in [-0.25, -0.2) is 8.42 Å². The Labute approximate surface area is 189 Å². The predicted octanol–water partition coefficient (Wildman–Crippen LogP) is 3.07. The van der Waals surface area contributed by atoms with Crippen LogP contribution in [0.4, 0.5) is 0 Å². The van der Waals surface area contributed by atoms with Crippen LogP contribution in [0.25, 0.3) is 0 Å². The highest BCUT2D eigenvalue weighted by molar-refractivity contribution is 7.89. The monoisotopic (exact) mass is 467 g/mol. The van der Waals surface area contributed by atoms with Crippen LogP contribution in [0.5, 0.6) is 5.75 Å². The third kappa shape index (κ3) is 6.93. The summed E-state index contributed by atoms with van der Waals surface area (Å²) in [6, 6.07) is 12.4. The van der Waals surface area contributed by atoms with Crippen molar-refractivity contribution in [2.24, 2.45) is 5.92 Å². The number of carbonyl (C=O) groups is 1. The zero-order valence-corrected chi connectivity index (χ0v) is 20.0. The van der Waals surface area contributed by atoms with Gasteiger partial charge in [0.2, 0.25) is 15.9 Å². The molecule has 2 unspecified atom stereocenters. The van der Waals surface area contributed by atoms with Crippen LogP contribution < -0.4 is 14.8 Å². The zero-order valence-electron chi connectivity index (χ0n) is 18.4. The zero-order chi connectivity index (χ0) is 23.2. The lowest BCUT2D eigenvalue weighted by atomic mass is 10.0. The van der Waals surface area contributed by atoms with Gasteiger partial charge >= 0.3 is 0 Å². The SMILES string of the molecule is COc1cccc(C(CNC(=O)C(NS(=O)(=O)c2ccc(Cl)cc2)C(C)C)N(C)C)c1. The molecule has 2 rings (SSSR count). The van der Waals surface area contributed by atoms with E-state index in [0.717, 1.165) is 11.3 Å². The number of rotatable bonds is 10. The minimum Gasteiger partial charge on any atom is -0.497 e. The molecule has 170 valence electrons. The van der Waals surface area contributed by atoms with Crippen molar-refractivity contribution in [1.29, 1.82) is 0 Å². The fourth-order valence-electron chi connectivity index (χ4n) is 3.10. The van der Waals surface area contributed by atoms with Crippen molar-refractivity contribution in [1.82, 2.24) is 14.9 Å². The van der Waals surface area contributed by atoms with Gasteiger partial charge in [-0.3, -0.25) is 4.79 Å². The number of nitrogens with one attached hydrogen (secondary N) is 2. The van der Waals surface area contributed by atoms with Gasteiger partial charge < -0.3 is 15.0 Å². The smallest absolute Gasteiger partial charge is 0.241 e. The highest BCUT2D eigenvalue weighted by Gasteiger charge is 2.29. The number of hydrogen-bond acceptors (Lipinski definition) is 5. The third-order valence-corrected chi connectivity index (χ3v) is 6.64. The Bertz CT molecular complexity index is 979. The number of nitrogens with zero attached hydrogens (tertiary/aromatic N) is 1. The first-order chi connectivity index (χ1) is 14.5. The maximum Gasteiger partial charge on any atom is 0.241 e. The van der Waals surface area contributed by atoms with Crippen LogP contribution in [0.3, 0.4) is 0 Å². The van der Waals surface area contributed by atoms with E-state index in [1.54, 1.807) is 21.0 Å². The summed E-state index contributed by atoms with van der Waals surface area (Å²) in [6.45, 7) is 3.89. The number of methoxy groups -OCH3 is 1. The molecule has 2 aromatic rings. The summed E-state index contributed by atoms with van der Waals surface area (Å²) in [5.41, 5.74) is 0.979. The maximum absolute atomic E-state index is 12.9. The number of sulfonamides is 1. The molecule has 2 atom stereocenters. The van der Waals surface area contributed by atoms with Crippen LogP contribution in [0.15, 0.2) is 53.4 Å². The van der Waals surface area contributed by atoms with Crippen molar-refractivity contribution in [2.45, 2.75) is 30.8 Å². The van der Waals surface area contributed by atoms with Crippen molar-refractivity contribution >= 4 is 27.5 Å². The molecule has 1 amide bonds. The lowest BCUT2D eigenvalue weighted by Gasteiger charge is -2.27. The van der Waals surface area contributed by atoms with Gasteiger partial charge in [-0.2, -0.15) is 4.72 Å². The highest BCUT2D eigenvalue weighted by Crippen LogP contribution is 2.22. The largest absolute Gasteiger partial charge is 0.497 e. The van der Waals surface area contributed by atoms with E-state index in [2.05, 4.69) is 10.0 Å². The first-order valence-electron chi connectivity index (χ1n) is 9.91. The second kappa shape index (κ2) is 10.9. The average molecular weight is 468 g/mol. The van der Waals surface area contributed by atoms with Gasteiger partial charge in [-0.05, 0) is 62.0 Å². The van der Waals surface area contributed by atoms with Gasteiger partial charge in [0.25, 0.3) is 0 Å². The van der Waals surface area contributed by atoms with Gasteiger partial charge in [-0.1, -0.05) is 37.6 Å². The highest BCUT2D eigenvalue weighted by atomic mass is 35.5. The second-order valence-corrected chi connectivity index (χ2v) is 9.95. The van der Waals surface area contributed by atoms with Crippen molar-refractivity contribution < 1.29 is 17.9 Å². The third-order valence-electron chi connectivity index (χ3n) is 4.93. The lowest BCUT2D eigenvalue weighted by Crippen LogP contribution is -2.50. The molecule has 0 saturated heterocycles. The van der Waals surface area contributed by atoms with Crippen molar-refractivity contribution in [3.63, 3.8) is 0 Å². The number of halogens is 1. The Kier molecular flexibility index (Phi) is 8.88. The molecule has 0 aliphatic carbocycles. The summed E-state index contributed by atoms with van der Waals surface area (Å²) in [5.74, 6) is 0.0884. The Morgan fingerprint density at radius 2 is 1.77 bits per heavy atom. The molecular formula is C22H30ClN3O4S. The molecule has 0 bridgehead atoms. The fraction of sp³-hybridized carbons (Fsp3) is 0.409. The van der Waals surface area contributed by atoms with Gasteiger partial charge in [0.1, 0.15) is 11.8 Å². The normalized spacial score (nSPS) is 13.8. The number of ether oxygens (including phenoxy) is 1. The van der Waals surface area contributed by atoms with E-state index in [4.69, 9.17) is 16.3 Å². The standard InChI is InChI=1S/C22H30ClN3O4S/c1-15(2)21(25-31(28,29)19-11-9-17(23)10-12-19)22(27)24-14-20(26(3)4)16-7-6-8-18(13-16)30-5/h6-13,15,20-21,25H,14H2,1-5H3,(H,24,27). The molecule has 31 heavy (non-hydrogen) atoms. The average Bonchev–Trinajstić information content (AvgIpc) is 2.72. The molecule has 0 aromatic heterocycles. The summed E-state index contributed by atoms with van der Waals surface area (Å²) < 4.78 is 33.3. The molecular weight excluding hydrogens is 438 g/mol. The topological polar surface area (TPSA) is 87.7 Å². The van der Waals surface area contributed by atoms with E-state index in [0.29, 0.717) is 11.6 Å². The molecule has 0 spiro atoms. The maximum atomic E-state index is 12.9. The summed E-state index contributed by atoms with van der Waals surface area (Å²) in [4.78, 5) is 15.0. The Hall–Kier alpha value is -2.13. The van der Waals surface area contributed by atoms with Crippen molar-refractivity contribution in [2.75, 3.05) is 27.7 Å². The van der Waals surface area contributed by atoms with Crippen LogP contribution in [-0.2, 0) is 14.8 Å². The molecule has 0 heterocycles. The van der Waals surface area contributed by atoms with Gasteiger partial charge in [-0.15, -0.1) is 0 Å². The first-order valence-corrected chi connectivity index (χ1v) is 11.8. The molecule has 0 aliphatic rings. The molecule has 2 aromatic carbocycles. The van der Waals surface area contributed by atoms with E-state index < -0.39 is 16.1 Å². The number of hydrogen-bond donors (Lipinski definition) is 2. The number of carbonyl (C=O) groups excluding carboxylic acids is 1. The number of likely N-dealkylation sites (N-methyl/N-ethyl adjacent to an activating group) is 1.